The number of halogens is 2. The number of aromatic nitrogens is 2. The number of nitrogens with zero attached hydrogens (tertiary/aromatic N) is 3. The summed E-state index contributed by atoms with van der Waals surface area (Å²) in [6, 6.07) is 9.45. The first-order valence-electron chi connectivity index (χ1n) is 11.5. The van der Waals surface area contributed by atoms with Gasteiger partial charge in [-0.1, -0.05) is 47.8 Å². The fourth-order valence-corrected chi connectivity index (χ4v) is 5.38. The van der Waals surface area contributed by atoms with E-state index in [9.17, 15) is 4.79 Å². The Labute approximate surface area is 221 Å². The molecular weight excluding hydrogens is 609 g/mol. The highest BCUT2D eigenvalue weighted by Gasteiger charge is 2.22. The van der Waals surface area contributed by atoms with Gasteiger partial charge in [0.15, 0.2) is 11.5 Å². The molecule has 3 aromatic rings. The lowest BCUT2D eigenvalue weighted by Crippen LogP contribution is -2.25. The second-order valence-corrected chi connectivity index (χ2v) is 10.3. The smallest absolute Gasteiger partial charge is 0.282 e. The van der Waals surface area contributed by atoms with Crippen LogP contribution in [0.3, 0.4) is 0 Å². The predicted molar refractivity (Wildman–Crippen MR) is 149 cm³/mol. The van der Waals surface area contributed by atoms with E-state index in [1.54, 1.807) is 12.3 Å². The zero-order valence-corrected chi connectivity index (χ0v) is 22.8. The van der Waals surface area contributed by atoms with E-state index >= 15 is 0 Å². The summed E-state index contributed by atoms with van der Waals surface area (Å²) in [5.74, 6) is 2.27. The Kier molecular flexibility index (Phi) is 8.41. The number of hydrogen-bond acceptors (Lipinski definition) is 5. The average Bonchev–Trinajstić information content (AvgIpc) is 2.84. The second-order valence-electron chi connectivity index (χ2n) is 8.19. The highest BCUT2D eigenvalue weighted by molar-refractivity contribution is 14.1. The summed E-state index contributed by atoms with van der Waals surface area (Å²) in [5.41, 5.74) is 1.36. The Morgan fingerprint density at radius 2 is 2.03 bits per heavy atom. The van der Waals surface area contributed by atoms with Crippen LogP contribution in [0.1, 0.15) is 56.3 Å². The van der Waals surface area contributed by atoms with E-state index in [1.807, 2.05) is 37.3 Å². The molecule has 2 aromatic carbocycles. The van der Waals surface area contributed by atoms with Crippen molar-refractivity contribution in [3.8, 4) is 11.5 Å². The van der Waals surface area contributed by atoms with Crippen molar-refractivity contribution >= 4 is 55.6 Å². The van der Waals surface area contributed by atoms with Gasteiger partial charge in [0.25, 0.3) is 5.56 Å². The second kappa shape index (κ2) is 11.5. The van der Waals surface area contributed by atoms with E-state index in [1.165, 1.54) is 11.1 Å². The molecule has 178 valence electrons. The van der Waals surface area contributed by atoms with Gasteiger partial charge in [0.05, 0.1) is 27.3 Å². The molecule has 0 bridgehead atoms. The van der Waals surface area contributed by atoms with Gasteiger partial charge in [-0.25, -0.2) is 4.98 Å². The molecule has 0 amide bonds. The molecule has 34 heavy (non-hydrogen) atoms. The number of rotatable bonds is 8. The van der Waals surface area contributed by atoms with Crippen molar-refractivity contribution in [2.75, 3.05) is 13.2 Å². The molecule has 4 rings (SSSR count). The van der Waals surface area contributed by atoms with Crippen LogP contribution in [-0.4, -0.2) is 29.1 Å². The maximum atomic E-state index is 13.5. The first-order chi connectivity index (χ1) is 16.5. The SMILES string of the molecule is C=CCOc1c(I)cc(C=Nn2c(C3CCCCC3)nc3ccc(Br)cc3c2=O)cc1OCC. The van der Waals surface area contributed by atoms with E-state index < -0.39 is 0 Å². The maximum absolute atomic E-state index is 13.5. The van der Waals surface area contributed by atoms with Gasteiger partial charge in [0, 0.05) is 10.4 Å². The Bertz CT molecular complexity index is 1280. The van der Waals surface area contributed by atoms with Crippen molar-refractivity contribution in [3.05, 3.63) is 72.8 Å². The number of hydrogen-bond donors (Lipinski definition) is 0. The van der Waals surface area contributed by atoms with Crippen molar-refractivity contribution < 1.29 is 9.47 Å². The van der Waals surface area contributed by atoms with E-state index in [0.717, 1.165) is 45.1 Å². The molecule has 0 aliphatic heterocycles. The summed E-state index contributed by atoms with van der Waals surface area (Å²) < 4.78 is 14.8. The van der Waals surface area contributed by atoms with Crippen molar-refractivity contribution in [3.63, 3.8) is 0 Å². The highest BCUT2D eigenvalue weighted by Crippen LogP contribution is 2.34. The van der Waals surface area contributed by atoms with Crippen molar-refractivity contribution in [2.24, 2.45) is 5.10 Å². The van der Waals surface area contributed by atoms with Crippen LogP contribution >= 0.6 is 38.5 Å². The van der Waals surface area contributed by atoms with Gasteiger partial charge >= 0.3 is 0 Å². The zero-order valence-electron chi connectivity index (χ0n) is 19.1. The van der Waals surface area contributed by atoms with Gasteiger partial charge in [0.2, 0.25) is 0 Å². The van der Waals surface area contributed by atoms with Gasteiger partial charge in [0.1, 0.15) is 12.4 Å². The van der Waals surface area contributed by atoms with Crippen LogP contribution in [-0.2, 0) is 0 Å². The summed E-state index contributed by atoms with van der Waals surface area (Å²) in [6.07, 6.45) is 8.95. The van der Waals surface area contributed by atoms with Gasteiger partial charge in [-0.05, 0) is 78.3 Å². The normalized spacial score (nSPS) is 14.6. The molecule has 6 nitrogen and oxygen atoms in total. The van der Waals surface area contributed by atoms with Crippen LogP contribution in [0.15, 0.2) is 57.4 Å². The first-order valence-corrected chi connectivity index (χ1v) is 13.4. The van der Waals surface area contributed by atoms with E-state index in [2.05, 4.69) is 50.2 Å². The van der Waals surface area contributed by atoms with Crippen LogP contribution in [0.2, 0.25) is 0 Å². The third kappa shape index (κ3) is 5.54. The fourth-order valence-electron chi connectivity index (χ4n) is 4.23. The van der Waals surface area contributed by atoms with Crippen LogP contribution in [0, 0.1) is 3.57 Å². The number of ether oxygens (including phenoxy) is 2. The number of fused-ring (bicyclic) bond motifs is 1. The first kappa shape index (κ1) is 24.9. The third-order valence-electron chi connectivity index (χ3n) is 5.80. The summed E-state index contributed by atoms with van der Waals surface area (Å²) in [4.78, 5) is 18.4. The molecule has 1 aliphatic rings. The van der Waals surface area contributed by atoms with E-state index in [-0.39, 0.29) is 11.5 Å². The molecular formula is C26H27BrIN3O3. The van der Waals surface area contributed by atoms with E-state index in [0.29, 0.717) is 35.6 Å². The van der Waals surface area contributed by atoms with Crippen molar-refractivity contribution in [2.45, 2.75) is 44.9 Å². The molecule has 0 radical (unpaired) electrons. The standard InChI is InChI=1S/C26H27BrIN3O3/c1-3-12-34-24-21(28)13-17(14-23(24)33-4-2)16-29-31-25(18-8-6-5-7-9-18)30-22-11-10-19(27)15-20(22)26(31)32/h3,10-11,13-16,18H,1,4-9,12H2,2H3. The fraction of sp³-hybridized carbons (Fsp3) is 0.346. The monoisotopic (exact) mass is 635 g/mol. The van der Waals surface area contributed by atoms with Crippen LogP contribution in [0.25, 0.3) is 10.9 Å². The minimum absolute atomic E-state index is 0.159. The minimum Gasteiger partial charge on any atom is -0.490 e. The Morgan fingerprint density at radius 1 is 1.24 bits per heavy atom. The molecule has 1 aliphatic carbocycles. The van der Waals surface area contributed by atoms with Gasteiger partial charge in [-0.2, -0.15) is 9.78 Å². The summed E-state index contributed by atoms with van der Waals surface area (Å²) in [6.45, 7) is 6.54. The minimum atomic E-state index is -0.159. The summed E-state index contributed by atoms with van der Waals surface area (Å²) >= 11 is 5.69. The lowest BCUT2D eigenvalue weighted by Gasteiger charge is -2.22. The molecule has 0 spiro atoms. The third-order valence-corrected chi connectivity index (χ3v) is 7.10. The van der Waals surface area contributed by atoms with Crippen LogP contribution in [0.4, 0.5) is 0 Å². The van der Waals surface area contributed by atoms with Gasteiger partial charge in [-0.15, -0.1) is 0 Å². The Morgan fingerprint density at radius 3 is 2.76 bits per heavy atom. The Balaban J connectivity index is 1.80. The van der Waals surface area contributed by atoms with Crippen molar-refractivity contribution in [1.29, 1.82) is 0 Å². The molecule has 0 saturated heterocycles. The molecule has 0 atom stereocenters. The molecule has 1 heterocycles. The lowest BCUT2D eigenvalue weighted by molar-refractivity contribution is 0.295. The van der Waals surface area contributed by atoms with E-state index in [4.69, 9.17) is 14.5 Å². The average molecular weight is 636 g/mol. The largest absolute Gasteiger partial charge is 0.490 e. The molecule has 8 heteroatoms. The van der Waals surface area contributed by atoms with Gasteiger partial charge in [-0.3, -0.25) is 4.79 Å². The van der Waals surface area contributed by atoms with Gasteiger partial charge < -0.3 is 9.47 Å². The van der Waals surface area contributed by atoms with Crippen LogP contribution < -0.4 is 15.0 Å². The quantitative estimate of drug-likeness (QED) is 0.158. The lowest BCUT2D eigenvalue weighted by atomic mass is 9.88. The predicted octanol–water partition coefficient (Wildman–Crippen LogP) is 6.66. The van der Waals surface area contributed by atoms with Crippen molar-refractivity contribution in [1.82, 2.24) is 9.66 Å². The molecule has 0 unspecified atom stereocenters. The summed E-state index contributed by atoms with van der Waals surface area (Å²) in [5, 5.41) is 5.20. The zero-order chi connectivity index (χ0) is 24.1. The molecule has 0 N–H and O–H groups in total. The highest BCUT2D eigenvalue weighted by atomic mass is 127. The molecule has 1 saturated carbocycles. The number of benzene rings is 2. The maximum Gasteiger partial charge on any atom is 0.282 e. The summed E-state index contributed by atoms with van der Waals surface area (Å²) in [7, 11) is 0. The topological polar surface area (TPSA) is 65.7 Å². The molecule has 1 fully saturated rings. The molecule has 1 aromatic heterocycles. The Hall–Kier alpha value is -2.20. The van der Waals surface area contributed by atoms with Crippen LogP contribution in [0.5, 0.6) is 11.5 Å².